The largest absolute Gasteiger partial charge is 0.481 e. The number of carbonyl (C=O) groups is 2. The Morgan fingerprint density at radius 3 is 2.60 bits per heavy atom. The van der Waals surface area contributed by atoms with Crippen molar-refractivity contribution in [2.75, 3.05) is 6.61 Å². The number of carboxylic acid groups (broad SMARTS) is 1. The molecule has 170 valence electrons. The highest BCUT2D eigenvalue weighted by atomic mass is 127. The molecule has 0 amide bonds. The third-order valence-corrected chi connectivity index (χ3v) is 9.35. The zero-order chi connectivity index (χ0) is 22.4. The first kappa shape index (κ1) is 24.1. The lowest BCUT2D eigenvalue weighted by atomic mass is 9.47. The first-order valence-corrected chi connectivity index (χ1v) is 12.7. The van der Waals surface area contributed by atoms with Gasteiger partial charge in [0.05, 0.1) is 12.0 Å². The van der Waals surface area contributed by atoms with Crippen LogP contribution < -0.4 is 0 Å². The van der Waals surface area contributed by atoms with Gasteiger partial charge in [0.2, 0.25) is 0 Å². The van der Waals surface area contributed by atoms with E-state index in [1.54, 1.807) is 19.4 Å². The van der Waals surface area contributed by atoms with E-state index in [2.05, 4.69) is 49.4 Å². The van der Waals surface area contributed by atoms with Crippen LogP contribution in [0.5, 0.6) is 0 Å². The fourth-order valence-corrected chi connectivity index (χ4v) is 7.27. The molecule has 0 heterocycles. The molecule has 2 unspecified atom stereocenters. The van der Waals surface area contributed by atoms with Gasteiger partial charge in [-0.2, -0.15) is 0 Å². The zero-order valence-corrected chi connectivity index (χ0v) is 21.5. The molecule has 5 heteroatoms. The molecule has 0 aromatic heterocycles. The van der Waals surface area contributed by atoms with Crippen LogP contribution in [0.4, 0.5) is 0 Å². The van der Waals surface area contributed by atoms with Gasteiger partial charge in [-0.15, -0.1) is 0 Å². The Balaban J connectivity index is 1.67. The summed E-state index contributed by atoms with van der Waals surface area (Å²) in [4.78, 5) is 23.7. The molecule has 4 nitrogen and oxygen atoms in total. The molecular weight excluding hydrogens is 491 g/mol. The van der Waals surface area contributed by atoms with Crippen molar-refractivity contribution in [1.29, 1.82) is 0 Å². The quantitative estimate of drug-likeness (QED) is 0.183. The topological polar surface area (TPSA) is 63.6 Å². The zero-order valence-electron chi connectivity index (χ0n) is 19.4. The molecule has 0 saturated heterocycles. The van der Waals surface area contributed by atoms with Gasteiger partial charge in [0.1, 0.15) is 0 Å². The van der Waals surface area contributed by atoms with Crippen LogP contribution in [0, 0.1) is 28.1 Å². The normalized spacial score (nSPS) is 38.8. The highest BCUT2D eigenvalue weighted by molar-refractivity contribution is 14.1. The summed E-state index contributed by atoms with van der Waals surface area (Å²) in [6, 6.07) is 0. The number of rotatable bonds is 6. The fourth-order valence-electron chi connectivity index (χ4n) is 6.52. The third kappa shape index (κ3) is 4.75. The minimum absolute atomic E-state index is 0.00185. The summed E-state index contributed by atoms with van der Waals surface area (Å²) in [5.41, 5.74) is 1.02. The number of carboxylic acids is 1. The van der Waals surface area contributed by atoms with Gasteiger partial charge in [-0.05, 0) is 76.0 Å². The number of carbonyl (C=O) groups excluding carboxylic acids is 1. The molecule has 0 radical (unpaired) electrons. The second-order valence-electron chi connectivity index (χ2n) is 11.6. The van der Waals surface area contributed by atoms with E-state index in [1.165, 1.54) is 32.1 Å². The van der Waals surface area contributed by atoms with Crippen LogP contribution >= 0.6 is 22.6 Å². The summed E-state index contributed by atoms with van der Waals surface area (Å²) in [6.07, 6.45) is 11.5. The first-order valence-electron chi connectivity index (χ1n) is 11.6. The molecule has 0 bridgehead atoms. The molecule has 3 aliphatic carbocycles. The maximum absolute atomic E-state index is 12.4. The average Bonchev–Trinajstić information content (AvgIpc) is 2.63. The maximum Gasteiger partial charge on any atom is 0.309 e. The van der Waals surface area contributed by atoms with Gasteiger partial charge in [0.15, 0.2) is 0 Å². The van der Waals surface area contributed by atoms with Gasteiger partial charge in [-0.1, -0.05) is 61.4 Å². The van der Waals surface area contributed by atoms with E-state index >= 15 is 0 Å². The van der Waals surface area contributed by atoms with Crippen LogP contribution in [0.3, 0.4) is 0 Å². The number of allylic oxidation sites excluding steroid dienone is 2. The van der Waals surface area contributed by atoms with Crippen molar-refractivity contribution in [2.24, 2.45) is 28.1 Å². The molecule has 1 N–H and O–H groups in total. The number of esters is 1. The van der Waals surface area contributed by atoms with Gasteiger partial charge < -0.3 is 9.84 Å². The molecule has 0 aliphatic heterocycles. The Bertz CT molecular complexity index is 725. The summed E-state index contributed by atoms with van der Waals surface area (Å²) in [6.45, 7) is 10.9. The molecule has 2 fully saturated rings. The van der Waals surface area contributed by atoms with Crippen molar-refractivity contribution >= 4 is 34.5 Å². The van der Waals surface area contributed by atoms with Gasteiger partial charge in [-0.25, -0.2) is 0 Å². The van der Waals surface area contributed by atoms with Crippen molar-refractivity contribution in [3.63, 3.8) is 0 Å². The Morgan fingerprint density at radius 2 is 1.93 bits per heavy atom. The first-order chi connectivity index (χ1) is 13.8. The Kier molecular flexibility index (Phi) is 6.74. The van der Waals surface area contributed by atoms with Gasteiger partial charge in [0.25, 0.3) is 0 Å². The molecule has 0 spiro atoms. The average molecular weight is 530 g/mol. The number of ether oxygens (including phenoxy) is 1. The van der Waals surface area contributed by atoms with E-state index in [0.29, 0.717) is 28.3 Å². The van der Waals surface area contributed by atoms with E-state index in [4.69, 9.17) is 4.74 Å². The predicted molar refractivity (Wildman–Crippen MR) is 128 cm³/mol. The molecule has 0 aromatic rings. The van der Waals surface area contributed by atoms with Gasteiger partial charge >= 0.3 is 11.9 Å². The molecule has 2 saturated carbocycles. The lowest BCUT2D eigenvalue weighted by Gasteiger charge is -2.59. The lowest BCUT2D eigenvalue weighted by Crippen LogP contribution is -2.51. The van der Waals surface area contributed by atoms with Crippen LogP contribution in [0.2, 0.25) is 0 Å². The number of halogens is 1. The fraction of sp³-hybridized carbons (Fsp3) is 0.840. The third-order valence-electron chi connectivity index (χ3n) is 8.47. The SMILES string of the molecule is CC(C)(CCC(=O)OC[C@]1(C)CCC[C@@]2(C)C3=CC[C@](C)(I)CC3CCC12)C(=O)O. The van der Waals surface area contributed by atoms with Crippen LogP contribution in [-0.2, 0) is 14.3 Å². The molecule has 3 aliphatic rings. The number of aliphatic carboxylic acids is 1. The number of alkyl halides is 1. The van der Waals surface area contributed by atoms with Crippen LogP contribution in [0.15, 0.2) is 11.6 Å². The van der Waals surface area contributed by atoms with Crippen LogP contribution in [0.1, 0.15) is 92.4 Å². The minimum atomic E-state index is -0.897. The lowest BCUT2D eigenvalue weighted by molar-refractivity contribution is -0.154. The van der Waals surface area contributed by atoms with E-state index < -0.39 is 11.4 Å². The molecule has 0 aromatic carbocycles. The van der Waals surface area contributed by atoms with E-state index in [0.717, 1.165) is 12.8 Å². The summed E-state index contributed by atoms with van der Waals surface area (Å²) in [7, 11) is 0. The van der Waals surface area contributed by atoms with Crippen LogP contribution in [0.25, 0.3) is 0 Å². The predicted octanol–water partition coefficient (Wildman–Crippen LogP) is 6.56. The second kappa shape index (κ2) is 8.40. The summed E-state index contributed by atoms with van der Waals surface area (Å²) < 4.78 is 6.15. The Hall–Kier alpha value is -0.590. The highest BCUT2D eigenvalue weighted by Gasteiger charge is 2.55. The second-order valence-corrected chi connectivity index (χ2v) is 14.2. The van der Waals surface area contributed by atoms with Crippen LogP contribution in [-0.4, -0.2) is 27.1 Å². The molecule has 30 heavy (non-hydrogen) atoms. The number of fused-ring (bicyclic) bond motifs is 3. The maximum atomic E-state index is 12.4. The van der Waals surface area contributed by atoms with E-state index in [1.807, 2.05) is 0 Å². The van der Waals surface area contributed by atoms with Gasteiger partial charge in [0, 0.05) is 15.3 Å². The van der Waals surface area contributed by atoms with Crippen molar-refractivity contribution < 1.29 is 19.4 Å². The van der Waals surface area contributed by atoms with Crippen molar-refractivity contribution in [3.05, 3.63) is 11.6 Å². The molecular formula is C25H39IO4. The van der Waals surface area contributed by atoms with Gasteiger partial charge in [-0.3, -0.25) is 9.59 Å². The van der Waals surface area contributed by atoms with Crippen molar-refractivity contribution in [2.45, 2.75) is 95.8 Å². The molecule has 3 rings (SSSR count). The Morgan fingerprint density at radius 1 is 1.23 bits per heavy atom. The number of hydrogen-bond donors (Lipinski definition) is 1. The highest BCUT2D eigenvalue weighted by Crippen LogP contribution is 2.63. The van der Waals surface area contributed by atoms with E-state index in [9.17, 15) is 14.7 Å². The van der Waals surface area contributed by atoms with Crippen molar-refractivity contribution in [1.82, 2.24) is 0 Å². The summed E-state index contributed by atoms with van der Waals surface area (Å²) in [5, 5.41) is 9.26. The molecule has 5 atom stereocenters. The monoisotopic (exact) mass is 530 g/mol. The Labute approximate surface area is 195 Å². The summed E-state index contributed by atoms with van der Waals surface area (Å²) in [5.74, 6) is 0.127. The van der Waals surface area contributed by atoms with E-state index in [-0.39, 0.29) is 23.2 Å². The summed E-state index contributed by atoms with van der Waals surface area (Å²) >= 11 is 2.64. The van der Waals surface area contributed by atoms with Crippen molar-refractivity contribution in [3.8, 4) is 0 Å². The number of hydrogen-bond acceptors (Lipinski definition) is 3. The minimum Gasteiger partial charge on any atom is -0.481 e. The smallest absolute Gasteiger partial charge is 0.309 e. The standard InChI is InChI=1S/C25H39IO4/c1-22(2,21(28)29)13-10-20(27)30-16-23(3)11-6-12-25(5)18-9-14-24(4,26)15-17(18)7-8-19(23)25/h9,17,19H,6-8,10-16H2,1-5H3,(H,28,29)/t17?,19?,23-,24-,25-/m0/s1.